The monoisotopic (exact) mass is 328 g/mol. The van der Waals surface area contributed by atoms with Crippen LogP contribution in [-0.2, 0) is 11.3 Å². The molecule has 2 atom stereocenters. The lowest BCUT2D eigenvalue weighted by atomic mass is 9.90. The smallest absolute Gasteiger partial charge is 0.239 e. The number of nitrogens with zero attached hydrogens (tertiary/aromatic N) is 1. The quantitative estimate of drug-likeness (QED) is 0.913. The van der Waals surface area contributed by atoms with E-state index in [1.165, 1.54) is 0 Å². The number of hydrogen-bond acceptors (Lipinski definition) is 2. The van der Waals surface area contributed by atoms with E-state index in [4.69, 9.17) is 23.2 Å². The Kier molecular flexibility index (Phi) is 5.91. The molecule has 1 aliphatic heterocycles. The Morgan fingerprint density at radius 2 is 2.19 bits per heavy atom. The van der Waals surface area contributed by atoms with Gasteiger partial charge in [-0.15, -0.1) is 0 Å². The van der Waals surface area contributed by atoms with E-state index >= 15 is 0 Å². The number of piperidine rings is 1. The summed E-state index contributed by atoms with van der Waals surface area (Å²) in [7, 11) is 1.82. The van der Waals surface area contributed by atoms with Gasteiger partial charge in [-0.1, -0.05) is 48.7 Å². The highest BCUT2D eigenvalue weighted by molar-refractivity contribution is 6.42. The van der Waals surface area contributed by atoms with Crippen LogP contribution in [0.15, 0.2) is 18.2 Å². The Morgan fingerprint density at radius 3 is 2.90 bits per heavy atom. The molecule has 2 unspecified atom stereocenters. The van der Waals surface area contributed by atoms with Gasteiger partial charge in [-0.3, -0.25) is 4.79 Å². The van der Waals surface area contributed by atoms with Crippen LogP contribution in [0.5, 0.6) is 0 Å². The van der Waals surface area contributed by atoms with Crippen LogP contribution >= 0.6 is 23.2 Å². The molecule has 0 aromatic heterocycles. The fourth-order valence-electron chi connectivity index (χ4n) is 2.83. The molecule has 21 heavy (non-hydrogen) atoms. The first-order valence-corrected chi connectivity index (χ1v) is 8.19. The van der Waals surface area contributed by atoms with Crippen LogP contribution in [0.3, 0.4) is 0 Å². The molecule has 2 rings (SSSR count). The molecular formula is C16H22Cl2N2O. The van der Waals surface area contributed by atoms with Gasteiger partial charge in [0, 0.05) is 13.6 Å². The summed E-state index contributed by atoms with van der Waals surface area (Å²) < 4.78 is 0. The van der Waals surface area contributed by atoms with E-state index in [-0.39, 0.29) is 11.9 Å². The van der Waals surface area contributed by atoms with Crippen LogP contribution < -0.4 is 5.32 Å². The third-order valence-electron chi connectivity index (χ3n) is 4.20. The molecule has 0 aliphatic carbocycles. The van der Waals surface area contributed by atoms with E-state index < -0.39 is 0 Å². The number of likely N-dealkylation sites (N-methyl/N-ethyl adjacent to an activating group) is 1. The molecule has 3 nitrogen and oxygen atoms in total. The molecule has 0 bridgehead atoms. The van der Waals surface area contributed by atoms with Crippen molar-refractivity contribution in [1.29, 1.82) is 0 Å². The van der Waals surface area contributed by atoms with Gasteiger partial charge in [-0.05, 0) is 36.9 Å². The maximum Gasteiger partial charge on any atom is 0.239 e. The van der Waals surface area contributed by atoms with Crippen LogP contribution in [-0.4, -0.2) is 30.4 Å². The minimum atomic E-state index is -0.0772. The van der Waals surface area contributed by atoms with E-state index in [9.17, 15) is 4.79 Å². The number of nitrogens with one attached hydrogen (secondary N) is 1. The lowest BCUT2D eigenvalue weighted by Crippen LogP contribution is -2.49. The molecule has 1 fully saturated rings. The fraction of sp³-hybridized carbons (Fsp3) is 0.562. The Morgan fingerprint density at radius 1 is 1.43 bits per heavy atom. The van der Waals surface area contributed by atoms with Crippen molar-refractivity contribution in [3.8, 4) is 0 Å². The summed E-state index contributed by atoms with van der Waals surface area (Å²) in [6.07, 6.45) is 3.21. The lowest BCUT2D eigenvalue weighted by molar-refractivity contribution is -0.133. The highest BCUT2D eigenvalue weighted by Crippen LogP contribution is 2.27. The number of carbonyl (C=O) groups excluding carboxylic acids is 1. The van der Waals surface area contributed by atoms with Gasteiger partial charge in [0.1, 0.15) is 0 Å². The number of halogens is 2. The standard InChI is InChI=1S/C16H22Cl2N2O/c1-3-11-7-8-19-14(9-11)16(21)20(2)10-12-5-4-6-13(17)15(12)18/h4-6,11,14,19H,3,7-10H2,1-2H3. The third-order valence-corrected chi connectivity index (χ3v) is 5.06. The number of hydrogen-bond donors (Lipinski definition) is 1. The first-order valence-electron chi connectivity index (χ1n) is 7.44. The molecule has 0 spiro atoms. The zero-order valence-corrected chi connectivity index (χ0v) is 14.0. The van der Waals surface area contributed by atoms with Gasteiger partial charge in [0.15, 0.2) is 0 Å². The van der Waals surface area contributed by atoms with Gasteiger partial charge < -0.3 is 10.2 Å². The van der Waals surface area contributed by atoms with Gasteiger partial charge in [0.05, 0.1) is 16.1 Å². The summed E-state index contributed by atoms with van der Waals surface area (Å²) in [5.74, 6) is 0.771. The van der Waals surface area contributed by atoms with E-state index in [1.54, 1.807) is 11.0 Å². The molecule has 1 aromatic carbocycles. The van der Waals surface area contributed by atoms with E-state index in [0.717, 1.165) is 31.4 Å². The van der Waals surface area contributed by atoms with Crippen molar-refractivity contribution in [2.45, 2.75) is 38.8 Å². The van der Waals surface area contributed by atoms with Gasteiger partial charge >= 0.3 is 0 Å². The average molecular weight is 329 g/mol. The maximum absolute atomic E-state index is 12.5. The molecule has 1 amide bonds. The average Bonchev–Trinajstić information content (AvgIpc) is 2.51. The van der Waals surface area contributed by atoms with Crippen molar-refractivity contribution in [2.75, 3.05) is 13.6 Å². The molecule has 1 aliphatic rings. The zero-order valence-electron chi connectivity index (χ0n) is 12.5. The Hall–Kier alpha value is -0.770. The second kappa shape index (κ2) is 7.48. The summed E-state index contributed by atoms with van der Waals surface area (Å²) in [5.41, 5.74) is 0.878. The van der Waals surface area contributed by atoms with E-state index in [2.05, 4.69) is 12.2 Å². The highest BCUT2D eigenvalue weighted by Gasteiger charge is 2.28. The first-order chi connectivity index (χ1) is 10.0. The molecule has 1 heterocycles. The highest BCUT2D eigenvalue weighted by atomic mass is 35.5. The lowest BCUT2D eigenvalue weighted by Gasteiger charge is -2.31. The molecule has 5 heteroatoms. The van der Waals surface area contributed by atoms with Crippen molar-refractivity contribution in [2.24, 2.45) is 5.92 Å². The number of carbonyl (C=O) groups is 1. The predicted octanol–water partition coefficient (Wildman–Crippen LogP) is 3.73. The Balaban J connectivity index is 2.00. The van der Waals surface area contributed by atoms with Crippen molar-refractivity contribution in [1.82, 2.24) is 10.2 Å². The predicted molar refractivity (Wildman–Crippen MR) is 87.7 cm³/mol. The Bertz CT molecular complexity index is 507. The summed E-state index contributed by atoms with van der Waals surface area (Å²) in [5, 5.41) is 4.38. The first kappa shape index (κ1) is 16.6. The van der Waals surface area contributed by atoms with E-state index in [1.807, 2.05) is 19.2 Å². The van der Waals surface area contributed by atoms with Crippen molar-refractivity contribution in [3.05, 3.63) is 33.8 Å². The third kappa shape index (κ3) is 4.12. The molecule has 1 aromatic rings. The molecule has 1 saturated heterocycles. The summed E-state index contributed by atoms with van der Waals surface area (Å²) in [4.78, 5) is 14.3. The summed E-state index contributed by atoms with van der Waals surface area (Å²) >= 11 is 12.2. The minimum Gasteiger partial charge on any atom is -0.340 e. The van der Waals surface area contributed by atoms with Crippen molar-refractivity contribution >= 4 is 29.1 Å². The molecule has 1 N–H and O–H groups in total. The van der Waals surface area contributed by atoms with Crippen LogP contribution in [0.4, 0.5) is 0 Å². The molecule has 116 valence electrons. The van der Waals surface area contributed by atoms with Crippen LogP contribution in [0, 0.1) is 5.92 Å². The van der Waals surface area contributed by atoms with Crippen molar-refractivity contribution < 1.29 is 4.79 Å². The fourth-order valence-corrected chi connectivity index (χ4v) is 3.21. The van der Waals surface area contributed by atoms with Crippen molar-refractivity contribution in [3.63, 3.8) is 0 Å². The Labute approximate surface area is 136 Å². The number of amides is 1. The largest absolute Gasteiger partial charge is 0.340 e. The number of rotatable bonds is 4. The van der Waals surface area contributed by atoms with Crippen LogP contribution in [0.2, 0.25) is 10.0 Å². The van der Waals surface area contributed by atoms with Crippen LogP contribution in [0.1, 0.15) is 31.7 Å². The summed E-state index contributed by atoms with van der Waals surface area (Å²) in [6.45, 7) is 3.58. The molecule has 0 radical (unpaired) electrons. The second-order valence-corrected chi connectivity index (χ2v) is 6.50. The minimum absolute atomic E-state index is 0.0772. The van der Waals surface area contributed by atoms with Gasteiger partial charge in [0.2, 0.25) is 5.91 Å². The van der Waals surface area contributed by atoms with E-state index in [0.29, 0.717) is 22.5 Å². The molecular weight excluding hydrogens is 307 g/mol. The van der Waals surface area contributed by atoms with Gasteiger partial charge in [-0.25, -0.2) is 0 Å². The second-order valence-electron chi connectivity index (χ2n) is 5.71. The SMILES string of the molecule is CCC1CCNC(C(=O)N(C)Cc2cccc(Cl)c2Cl)C1. The molecule has 0 saturated carbocycles. The normalized spacial score (nSPS) is 22.1. The van der Waals surface area contributed by atoms with Crippen LogP contribution in [0.25, 0.3) is 0 Å². The topological polar surface area (TPSA) is 32.3 Å². The number of benzene rings is 1. The van der Waals surface area contributed by atoms with Gasteiger partial charge in [-0.2, -0.15) is 0 Å². The summed E-state index contributed by atoms with van der Waals surface area (Å²) in [6, 6.07) is 5.44. The van der Waals surface area contributed by atoms with Gasteiger partial charge in [0.25, 0.3) is 0 Å². The zero-order chi connectivity index (χ0) is 15.4. The maximum atomic E-state index is 12.5.